The van der Waals surface area contributed by atoms with Crippen molar-refractivity contribution in [3.63, 3.8) is 0 Å². The molecule has 0 aromatic heterocycles. The summed E-state index contributed by atoms with van der Waals surface area (Å²) in [5.74, 6) is 0. The zero-order chi connectivity index (χ0) is 12.8. The average molecular weight is 249 g/mol. The van der Waals surface area contributed by atoms with Crippen molar-refractivity contribution in [1.82, 2.24) is 0 Å². The second-order valence-electron chi connectivity index (χ2n) is 2.46. The fourth-order valence-electron chi connectivity index (χ4n) is 0.736. The SMILES string of the molecule is O=S(=O)(O)O.[N-]=[N+]=C1C=CC([N+](=O)[O-])=CC1. The number of nitro groups is 1. The lowest BCUT2D eigenvalue weighted by atomic mass is 10.1. The molecule has 16 heavy (non-hydrogen) atoms. The lowest BCUT2D eigenvalue weighted by Gasteiger charge is -1.93. The third-order valence-corrected chi connectivity index (χ3v) is 1.31. The second-order valence-corrected chi connectivity index (χ2v) is 3.36. The number of hydrogen-bond donors (Lipinski definition) is 2. The van der Waals surface area contributed by atoms with Crippen LogP contribution in [0.25, 0.3) is 5.53 Å². The van der Waals surface area contributed by atoms with Crippen LogP contribution in [0.4, 0.5) is 0 Å². The Labute approximate surface area is 90.1 Å². The first-order valence-corrected chi connectivity index (χ1v) is 5.07. The molecule has 88 valence electrons. The van der Waals surface area contributed by atoms with Gasteiger partial charge in [0.25, 0.3) is 11.4 Å². The van der Waals surface area contributed by atoms with Gasteiger partial charge in [0, 0.05) is 18.2 Å². The van der Waals surface area contributed by atoms with Crippen molar-refractivity contribution in [2.45, 2.75) is 6.42 Å². The fraction of sp³-hybridized carbons (Fsp3) is 0.167. The monoisotopic (exact) mass is 249 g/mol. The quantitative estimate of drug-likeness (QED) is 0.221. The topological polar surface area (TPSA) is 154 Å². The van der Waals surface area contributed by atoms with Gasteiger partial charge in [-0.05, 0) is 0 Å². The van der Waals surface area contributed by atoms with E-state index in [9.17, 15) is 10.1 Å². The first-order valence-electron chi connectivity index (χ1n) is 3.67. The molecule has 0 aromatic rings. The first-order chi connectivity index (χ1) is 7.24. The highest BCUT2D eigenvalue weighted by atomic mass is 32.3. The van der Waals surface area contributed by atoms with Gasteiger partial charge in [0.1, 0.15) is 0 Å². The maximum atomic E-state index is 10.1. The van der Waals surface area contributed by atoms with Crippen LogP contribution >= 0.6 is 0 Å². The smallest absolute Gasteiger partial charge is 0.361 e. The highest BCUT2D eigenvalue weighted by molar-refractivity contribution is 7.79. The molecule has 10 heteroatoms. The molecular weight excluding hydrogens is 242 g/mol. The van der Waals surface area contributed by atoms with E-state index in [1.165, 1.54) is 18.2 Å². The van der Waals surface area contributed by atoms with E-state index in [4.69, 9.17) is 23.1 Å². The molecular formula is C6H7N3O6S. The van der Waals surface area contributed by atoms with Crippen LogP contribution in [0.5, 0.6) is 0 Å². The molecule has 1 aliphatic rings. The minimum absolute atomic E-state index is 0.0393. The van der Waals surface area contributed by atoms with E-state index in [2.05, 4.69) is 4.79 Å². The molecule has 0 saturated carbocycles. The molecule has 1 rings (SSSR count). The third kappa shape index (κ3) is 7.53. The number of nitrogens with zero attached hydrogens (tertiary/aromatic N) is 3. The molecule has 0 aromatic carbocycles. The van der Waals surface area contributed by atoms with Crippen LogP contribution in [-0.4, -0.2) is 32.9 Å². The molecule has 0 saturated heterocycles. The maximum absolute atomic E-state index is 10.1. The molecule has 9 nitrogen and oxygen atoms in total. The van der Waals surface area contributed by atoms with Crippen LogP contribution in [0.15, 0.2) is 23.9 Å². The van der Waals surface area contributed by atoms with Gasteiger partial charge in [-0.15, -0.1) is 0 Å². The Morgan fingerprint density at radius 3 is 2.19 bits per heavy atom. The fourth-order valence-corrected chi connectivity index (χ4v) is 0.736. The molecule has 0 amide bonds. The molecule has 0 bridgehead atoms. The van der Waals surface area contributed by atoms with Gasteiger partial charge in [0.2, 0.25) is 0 Å². The van der Waals surface area contributed by atoms with E-state index < -0.39 is 15.3 Å². The van der Waals surface area contributed by atoms with Crippen molar-refractivity contribution in [1.29, 1.82) is 0 Å². The van der Waals surface area contributed by atoms with Crippen LogP contribution in [0.1, 0.15) is 6.42 Å². The highest BCUT2D eigenvalue weighted by Crippen LogP contribution is 2.06. The number of rotatable bonds is 1. The summed E-state index contributed by atoms with van der Waals surface area (Å²) in [5, 5.41) is 10.1. The van der Waals surface area contributed by atoms with E-state index in [0.717, 1.165) is 0 Å². The molecule has 0 unspecified atom stereocenters. The number of hydrogen-bond acceptors (Lipinski definition) is 4. The summed E-state index contributed by atoms with van der Waals surface area (Å²) in [7, 11) is -4.67. The van der Waals surface area contributed by atoms with E-state index in [-0.39, 0.29) is 5.70 Å². The molecule has 0 atom stereocenters. The van der Waals surface area contributed by atoms with Crippen molar-refractivity contribution in [3.8, 4) is 0 Å². The predicted octanol–water partition coefficient (Wildman–Crippen LogP) is 0.125. The Balaban J connectivity index is 0.000000385. The van der Waals surface area contributed by atoms with E-state index in [0.29, 0.717) is 12.1 Å². The molecule has 0 heterocycles. The Kier molecular flexibility index (Phi) is 5.19. The molecule has 0 spiro atoms. The summed E-state index contributed by atoms with van der Waals surface area (Å²) in [5.41, 5.74) is 8.72. The van der Waals surface area contributed by atoms with Crippen LogP contribution < -0.4 is 0 Å². The molecule has 0 radical (unpaired) electrons. The van der Waals surface area contributed by atoms with Gasteiger partial charge in [-0.1, -0.05) is 0 Å². The van der Waals surface area contributed by atoms with Gasteiger partial charge in [0.05, 0.1) is 11.3 Å². The summed E-state index contributed by atoms with van der Waals surface area (Å²) >= 11 is 0. The number of allylic oxidation sites excluding steroid dienone is 3. The predicted molar refractivity (Wildman–Crippen MR) is 51.6 cm³/mol. The van der Waals surface area contributed by atoms with E-state index in [1.807, 2.05) is 0 Å². The van der Waals surface area contributed by atoms with Crippen molar-refractivity contribution in [2.24, 2.45) is 0 Å². The minimum Gasteiger partial charge on any atom is -0.361 e. The first kappa shape index (κ1) is 14.1. The van der Waals surface area contributed by atoms with Gasteiger partial charge < -0.3 is 5.53 Å². The summed E-state index contributed by atoms with van der Waals surface area (Å²) in [6, 6.07) is 0. The minimum atomic E-state index is -4.67. The Morgan fingerprint density at radius 2 is 1.94 bits per heavy atom. The van der Waals surface area contributed by atoms with E-state index in [1.54, 1.807) is 0 Å². The van der Waals surface area contributed by atoms with Gasteiger partial charge >= 0.3 is 10.4 Å². The van der Waals surface area contributed by atoms with Crippen LogP contribution in [0.2, 0.25) is 0 Å². The van der Waals surface area contributed by atoms with Crippen molar-refractivity contribution < 1.29 is 27.2 Å². The Morgan fingerprint density at radius 1 is 1.44 bits per heavy atom. The van der Waals surface area contributed by atoms with Crippen molar-refractivity contribution >= 4 is 16.1 Å². The van der Waals surface area contributed by atoms with Crippen molar-refractivity contribution in [2.75, 3.05) is 0 Å². The van der Waals surface area contributed by atoms with Crippen molar-refractivity contribution in [3.05, 3.63) is 39.6 Å². The summed E-state index contributed by atoms with van der Waals surface area (Å²) in [6.07, 6.45) is 4.43. The zero-order valence-electron chi connectivity index (χ0n) is 7.72. The Hall–Kier alpha value is -1.87. The highest BCUT2D eigenvalue weighted by Gasteiger charge is 2.14. The molecule has 0 fully saturated rings. The molecule has 0 aliphatic heterocycles. The van der Waals surface area contributed by atoms with Crippen LogP contribution in [0.3, 0.4) is 0 Å². The molecule has 1 aliphatic carbocycles. The lowest BCUT2D eigenvalue weighted by molar-refractivity contribution is -0.419. The van der Waals surface area contributed by atoms with Gasteiger partial charge in [0.15, 0.2) is 0 Å². The summed E-state index contributed by atoms with van der Waals surface area (Å²) < 4.78 is 31.6. The average Bonchev–Trinajstić information content (AvgIpc) is 2.15. The third-order valence-electron chi connectivity index (χ3n) is 1.31. The zero-order valence-corrected chi connectivity index (χ0v) is 8.53. The Bertz CT molecular complexity index is 476. The van der Waals surface area contributed by atoms with Crippen LogP contribution in [0, 0.1) is 10.1 Å². The standard InChI is InChI=1S/C6H5N3O2.H2O4S/c7-8-5-1-3-6(4-2-5)9(10)11;1-5(2,3)4/h1,3-4H,2H2;(H2,1,2,3,4). The van der Waals surface area contributed by atoms with Crippen LogP contribution in [-0.2, 0) is 10.4 Å². The van der Waals surface area contributed by atoms with Gasteiger partial charge in [-0.3, -0.25) is 19.2 Å². The maximum Gasteiger partial charge on any atom is 0.394 e. The largest absolute Gasteiger partial charge is 0.394 e. The second kappa shape index (κ2) is 5.88. The summed E-state index contributed by atoms with van der Waals surface area (Å²) in [6.45, 7) is 0. The summed E-state index contributed by atoms with van der Waals surface area (Å²) in [4.78, 5) is 12.6. The van der Waals surface area contributed by atoms with Gasteiger partial charge in [-0.2, -0.15) is 13.2 Å². The van der Waals surface area contributed by atoms with E-state index >= 15 is 0 Å². The van der Waals surface area contributed by atoms with Gasteiger partial charge in [-0.25, -0.2) is 0 Å². The normalized spacial score (nSPS) is 14.4. The molecule has 2 N–H and O–H groups in total. The lowest BCUT2D eigenvalue weighted by Crippen LogP contribution is -2.04.